The first kappa shape index (κ1) is 9.94. The average Bonchev–Trinajstić information content (AvgIpc) is 2.87. The Balaban J connectivity index is 2.11. The molecule has 0 atom stereocenters. The molecule has 3 aromatic heterocycles. The number of thiophene rings is 1. The van der Waals surface area contributed by atoms with E-state index < -0.39 is 0 Å². The van der Waals surface area contributed by atoms with E-state index in [-0.39, 0.29) is 0 Å². The van der Waals surface area contributed by atoms with Crippen LogP contribution in [0.3, 0.4) is 0 Å². The van der Waals surface area contributed by atoms with Gasteiger partial charge in [-0.15, -0.1) is 11.3 Å². The second-order valence-electron chi connectivity index (χ2n) is 2.84. The standard InChI is InChI=1S/C8H5N5S3/c9-7-12-5-4(1-2-14-5)6(13-7)15-8-10-3-11-16-8/h1-3H,(H2,9,12,13). The van der Waals surface area contributed by atoms with Crippen LogP contribution in [-0.2, 0) is 0 Å². The molecule has 0 fully saturated rings. The maximum Gasteiger partial charge on any atom is 0.222 e. The molecule has 0 spiro atoms. The van der Waals surface area contributed by atoms with E-state index in [1.165, 1.54) is 29.6 Å². The van der Waals surface area contributed by atoms with Crippen LogP contribution in [0.15, 0.2) is 27.1 Å². The summed E-state index contributed by atoms with van der Waals surface area (Å²) in [7, 11) is 0. The summed E-state index contributed by atoms with van der Waals surface area (Å²) in [6, 6.07) is 1.99. The lowest BCUT2D eigenvalue weighted by molar-refractivity contribution is 1.12. The van der Waals surface area contributed by atoms with E-state index in [1.807, 2.05) is 11.4 Å². The van der Waals surface area contributed by atoms with Crippen LogP contribution in [-0.4, -0.2) is 19.3 Å². The summed E-state index contributed by atoms with van der Waals surface area (Å²) in [6.45, 7) is 0. The maximum atomic E-state index is 5.65. The zero-order valence-corrected chi connectivity index (χ0v) is 10.3. The Bertz CT molecular complexity index is 618. The van der Waals surface area contributed by atoms with Crippen LogP contribution >= 0.6 is 34.6 Å². The fourth-order valence-corrected chi connectivity index (χ4v) is 3.52. The van der Waals surface area contributed by atoms with Gasteiger partial charge in [0.2, 0.25) is 5.95 Å². The third-order valence-electron chi connectivity index (χ3n) is 1.83. The lowest BCUT2D eigenvalue weighted by Crippen LogP contribution is -1.95. The van der Waals surface area contributed by atoms with E-state index in [1.54, 1.807) is 11.3 Å². The van der Waals surface area contributed by atoms with Crippen molar-refractivity contribution >= 4 is 50.8 Å². The first-order chi connectivity index (χ1) is 7.83. The summed E-state index contributed by atoms with van der Waals surface area (Å²) in [5.41, 5.74) is 5.65. The fourth-order valence-electron chi connectivity index (χ4n) is 1.21. The molecule has 3 aromatic rings. The number of aromatic nitrogens is 4. The molecule has 3 heterocycles. The minimum atomic E-state index is 0.293. The Hall–Kier alpha value is -1.25. The lowest BCUT2D eigenvalue weighted by Gasteiger charge is -1.99. The predicted molar refractivity (Wildman–Crippen MR) is 65.9 cm³/mol. The predicted octanol–water partition coefficient (Wildman–Crippen LogP) is 2.28. The minimum absolute atomic E-state index is 0.293. The van der Waals surface area contributed by atoms with Crippen molar-refractivity contribution in [1.29, 1.82) is 0 Å². The van der Waals surface area contributed by atoms with Crippen molar-refractivity contribution in [2.75, 3.05) is 5.73 Å². The van der Waals surface area contributed by atoms with Crippen molar-refractivity contribution in [2.24, 2.45) is 0 Å². The molecule has 2 N–H and O–H groups in total. The summed E-state index contributed by atoms with van der Waals surface area (Å²) in [4.78, 5) is 13.4. The number of anilines is 1. The van der Waals surface area contributed by atoms with Crippen molar-refractivity contribution in [2.45, 2.75) is 9.37 Å². The monoisotopic (exact) mass is 267 g/mol. The van der Waals surface area contributed by atoms with Crippen molar-refractivity contribution in [3.63, 3.8) is 0 Å². The van der Waals surface area contributed by atoms with E-state index in [0.29, 0.717) is 5.95 Å². The van der Waals surface area contributed by atoms with Crippen LogP contribution in [0.5, 0.6) is 0 Å². The third kappa shape index (κ3) is 1.75. The topological polar surface area (TPSA) is 77.6 Å². The largest absolute Gasteiger partial charge is 0.368 e. The highest BCUT2D eigenvalue weighted by molar-refractivity contribution is 8.01. The van der Waals surface area contributed by atoms with Gasteiger partial charge in [0.25, 0.3) is 0 Å². The Morgan fingerprint density at radius 2 is 2.25 bits per heavy atom. The Kier molecular flexibility index (Phi) is 2.46. The fraction of sp³-hybridized carbons (Fsp3) is 0. The first-order valence-electron chi connectivity index (χ1n) is 4.28. The second kappa shape index (κ2) is 3.96. The Labute approximate surface area is 103 Å². The van der Waals surface area contributed by atoms with Gasteiger partial charge < -0.3 is 5.73 Å². The van der Waals surface area contributed by atoms with Gasteiger partial charge in [-0.3, -0.25) is 0 Å². The summed E-state index contributed by atoms with van der Waals surface area (Å²) >= 11 is 4.35. The Morgan fingerprint density at radius 1 is 1.31 bits per heavy atom. The van der Waals surface area contributed by atoms with Gasteiger partial charge in [0.15, 0.2) is 4.34 Å². The molecule has 0 aliphatic carbocycles. The van der Waals surface area contributed by atoms with Crippen LogP contribution in [0.1, 0.15) is 0 Å². The van der Waals surface area contributed by atoms with Crippen molar-refractivity contribution in [3.8, 4) is 0 Å². The van der Waals surface area contributed by atoms with Crippen molar-refractivity contribution in [3.05, 3.63) is 17.8 Å². The van der Waals surface area contributed by atoms with Crippen molar-refractivity contribution < 1.29 is 0 Å². The molecule has 0 radical (unpaired) electrons. The number of hydrogen-bond acceptors (Lipinski definition) is 8. The molecule has 0 amide bonds. The number of rotatable bonds is 2. The molecule has 0 aromatic carbocycles. The van der Waals surface area contributed by atoms with Crippen LogP contribution in [0, 0.1) is 0 Å². The van der Waals surface area contributed by atoms with Gasteiger partial charge in [0.1, 0.15) is 16.2 Å². The van der Waals surface area contributed by atoms with Gasteiger partial charge in [0.05, 0.1) is 0 Å². The van der Waals surface area contributed by atoms with Gasteiger partial charge in [-0.25, -0.2) is 15.0 Å². The normalized spacial score (nSPS) is 11.0. The SMILES string of the molecule is Nc1nc(Sc2ncns2)c2ccsc2n1. The number of fused-ring (bicyclic) bond motifs is 1. The number of nitrogens with two attached hydrogens (primary N) is 1. The zero-order chi connectivity index (χ0) is 11.0. The molecule has 0 aliphatic rings. The van der Waals surface area contributed by atoms with E-state index in [9.17, 15) is 0 Å². The molecule has 80 valence electrons. The van der Waals surface area contributed by atoms with Crippen LogP contribution in [0.4, 0.5) is 5.95 Å². The van der Waals surface area contributed by atoms with E-state index >= 15 is 0 Å². The smallest absolute Gasteiger partial charge is 0.222 e. The van der Waals surface area contributed by atoms with E-state index in [0.717, 1.165) is 19.6 Å². The summed E-state index contributed by atoms with van der Waals surface area (Å²) in [6.07, 6.45) is 1.53. The highest BCUT2D eigenvalue weighted by atomic mass is 32.2. The highest BCUT2D eigenvalue weighted by Crippen LogP contribution is 2.33. The first-order valence-corrected chi connectivity index (χ1v) is 6.75. The van der Waals surface area contributed by atoms with E-state index in [4.69, 9.17) is 5.73 Å². The summed E-state index contributed by atoms with van der Waals surface area (Å²) < 4.78 is 4.80. The molecule has 8 heteroatoms. The van der Waals surface area contributed by atoms with Gasteiger partial charge in [0, 0.05) is 5.39 Å². The van der Waals surface area contributed by atoms with Gasteiger partial charge >= 0.3 is 0 Å². The molecule has 0 unspecified atom stereocenters. The highest BCUT2D eigenvalue weighted by Gasteiger charge is 2.10. The Morgan fingerprint density at radius 3 is 3.06 bits per heavy atom. The van der Waals surface area contributed by atoms with Crippen molar-refractivity contribution in [1.82, 2.24) is 19.3 Å². The maximum absolute atomic E-state index is 5.65. The molecule has 0 aliphatic heterocycles. The molecular formula is C8H5N5S3. The average molecular weight is 267 g/mol. The van der Waals surface area contributed by atoms with Gasteiger partial charge in [-0.05, 0) is 34.7 Å². The number of nitrogen functional groups attached to an aromatic ring is 1. The van der Waals surface area contributed by atoms with Crippen LogP contribution in [0.2, 0.25) is 0 Å². The molecule has 16 heavy (non-hydrogen) atoms. The third-order valence-corrected chi connectivity index (χ3v) is 4.36. The second-order valence-corrected chi connectivity index (χ2v) is 5.75. The quantitative estimate of drug-likeness (QED) is 0.718. The molecule has 5 nitrogen and oxygen atoms in total. The van der Waals surface area contributed by atoms with E-state index in [2.05, 4.69) is 19.3 Å². The number of hydrogen-bond donors (Lipinski definition) is 1. The summed E-state index contributed by atoms with van der Waals surface area (Å²) in [5, 5.41) is 3.82. The lowest BCUT2D eigenvalue weighted by atomic mass is 10.4. The van der Waals surface area contributed by atoms with Gasteiger partial charge in [-0.2, -0.15) is 4.37 Å². The summed E-state index contributed by atoms with van der Waals surface area (Å²) in [5.74, 6) is 0.293. The van der Waals surface area contributed by atoms with Crippen LogP contribution < -0.4 is 5.73 Å². The molecule has 0 bridgehead atoms. The molecule has 0 saturated carbocycles. The van der Waals surface area contributed by atoms with Crippen LogP contribution in [0.25, 0.3) is 10.2 Å². The molecule has 3 rings (SSSR count). The minimum Gasteiger partial charge on any atom is -0.368 e. The van der Waals surface area contributed by atoms with Gasteiger partial charge in [-0.1, -0.05) is 0 Å². The molecular weight excluding hydrogens is 262 g/mol. The zero-order valence-electron chi connectivity index (χ0n) is 7.82. The number of nitrogens with zero attached hydrogens (tertiary/aromatic N) is 4. The molecule has 0 saturated heterocycles.